The molecular formula is C12H15F2N. The third-order valence-corrected chi connectivity index (χ3v) is 3.26. The molecule has 1 saturated carbocycles. The molecule has 0 aliphatic heterocycles. The number of nitrogens with one attached hydrogen (secondary N) is 1. The lowest BCUT2D eigenvalue weighted by molar-refractivity contribution is 0.243. The van der Waals surface area contributed by atoms with E-state index in [9.17, 15) is 8.78 Å². The fourth-order valence-corrected chi connectivity index (χ4v) is 2.29. The minimum atomic E-state index is -0.734. The molecule has 1 fully saturated rings. The fraction of sp³-hybridized carbons (Fsp3) is 0.500. The van der Waals surface area contributed by atoms with Crippen molar-refractivity contribution in [2.45, 2.75) is 18.8 Å². The van der Waals surface area contributed by atoms with Gasteiger partial charge in [0.05, 0.1) is 0 Å². The standard InChI is InChI=1S/C12H15F2N/c1-15-7-8-5-6-9(8)10-3-2-4-11(13)12(10)14/h2-4,8-9,15H,5-7H2,1H3. The van der Waals surface area contributed by atoms with Crippen LogP contribution in [0, 0.1) is 17.6 Å². The Bertz CT molecular complexity index is 351. The zero-order valence-electron chi connectivity index (χ0n) is 8.76. The van der Waals surface area contributed by atoms with E-state index in [-0.39, 0.29) is 5.92 Å². The lowest BCUT2D eigenvalue weighted by atomic mass is 9.70. The predicted octanol–water partition coefficient (Wildman–Crippen LogP) is 2.68. The average molecular weight is 211 g/mol. The first kappa shape index (κ1) is 10.6. The van der Waals surface area contributed by atoms with Gasteiger partial charge in [-0.25, -0.2) is 8.78 Å². The summed E-state index contributed by atoms with van der Waals surface area (Å²) in [6.45, 7) is 0.876. The first-order chi connectivity index (χ1) is 7.24. The second-order valence-electron chi connectivity index (χ2n) is 4.14. The van der Waals surface area contributed by atoms with Crippen molar-refractivity contribution in [1.82, 2.24) is 5.32 Å². The molecule has 0 aromatic heterocycles. The highest BCUT2D eigenvalue weighted by Crippen LogP contribution is 2.43. The molecule has 1 nitrogen and oxygen atoms in total. The molecule has 0 amide bonds. The van der Waals surface area contributed by atoms with E-state index in [2.05, 4.69) is 5.32 Å². The highest BCUT2D eigenvalue weighted by molar-refractivity contribution is 5.25. The van der Waals surface area contributed by atoms with Crippen molar-refractivity contribution in [1.29, 1.82) is 0 Å². The normalized spacial score (nSPS) is 25.0. The van der Waals surface area contributed by atoms with Crippen LogP contribution in [0.15, 0.2) is 18.2 Å². The molecule has 0 bridgehead atoms. The van der Waals surface area contributed by atoms with Crippen LogP contribution in [0.3, 0.4) is 0 Å². The maximum Gasteiger partial charge on any atom is 0.162 e. The molecule has 0 spiro atoms. The van der Waals surface area contributed by atoms with Crippen LogP contribution in [0.4, 0.5) is 8.78 Å². The average Bonchev–Trinajstić information content (AvgIpc) is 2.20. The molecule has 3 heteroatoms. The predicted molar refractivity (Wildman–Crippen MR) is 55.7 cm³/mol. The van der Waals surface area contributed by atoms with E-state index in [0.29, 0.717) is 11.5 Å². The van der Waals surface area contributed by atoms with Crippen molar-refractivity contribution in [2.75, 3.05) is 13.6 Å². The second-order valence-corrected chi connectivity index (χ2v) is 4.14. The Labute approximate surface area is 88.5 Å². The topological polar surface area (TPSA) is 12.0 Å². The van der Waals surface area contributed by atoms with Gasteiger partial charge >= 0.3 is 0 Å². The van der Waals surface area contributed by atoms with E-state index in [0.717, 1.165) is 19.4 Å². The van der Waals surface area contributed by atoms with Crippen molar-refractivity contribution < 1.29 is 8.78 Å². The maximum atomic E-state index is 13.5. The van der Waals surface area contributed by atoms with Crippen molar-refractivity contribution in [3.05, 3.63) is 35.4 Å². The summed E-state index contributed by atoms with van der Waals surface area (Å²) in [5, 5.41) is 3.09. The lowest BCUT2D eigenvalue weighted by Gasteiger charge is -2.37. The molecule has 2 unspecified atom stereocenters. The smallest absolute Gasteiger partial charge is 0.162 e. The molecule has 0 heterocycles. The van der Waals surface area contributed by atoms with Crippen molar-refractivity contribution in [2.24, 2.45) is 5.92 Å². The van der Waals surface area contributed by atoms with E-state index < -0.39 is 11.6 Å². The molecule has 2 rings (SSSR count). The minimum Gasteiger partial charge on any atom is -0.319 e. The second kappa shape index (κ2) is 4.27. The lowest BCUT2D eigenvalue weighted by Crippen LogP contribution is -2.32. The SMILES string of the molecule is CNCC1CCC1c1cccc(F)c1F. The van der Waals surface area contributed by atoms with Gasteiger partial charge in [0, 0.05) is 0 Å². The molecule has 82 valence electrons. The van der Waals surface area contributed by atoms with Gasteiger partial charge in [0.2, 0.25) is 0 Å². The molecule has 1 aromatic carbocycles. The first-order valence-electron chi connectivity index (χ1n) is 5.32. The molecule has 0 radical (unpaired) electrons. The number of rotatable bonds is 3. The van der Waals surface area contributed by atoms with Crippen LogP contribution in [0.5, 0.6) is 0 Å². The van der Waals surface area contributed by atoms with E-state index in [1.165, 1.54) is 6.07 Å². The molecule has 1 aliphatic carbocycles. The summed E-state index contributed by atoms with van der Waals surface area (Å²) in [6.07, 6.45) is 2.06. The van der Waals surface area contributed by atoms with Crippen LogP contribution in [0.1, 0.15) is 24.3 Å². The van der Waals surface area contributed by atoms with E-state index in [1.807, 2.05) is 7.05 Å². The van der Waals surface area contributed by atoms with Crippen LogP contribution >= 0.6 is 0 Å². The molecule has 1 N–H and O–H groups in total. The zero-order valence-corrected chi connectivity index (χ0v) is 8.76. The van der Waals surface area contributed by atoms with Gasteiger partial charge in [-0.15, -0.1) is 0 Å². The van der Waals surface area contributed by atoms with E-state index in [1.54, 1.807) is 12.1 Å². The Morgan fingerprint density at radius 2 is 2.13 bits per heavy atom. The van der Waals surface area contributed by atoms with Crippen molar-refractivity contribution in [3.8, 4) is 0 Å². The number of benzene rings is 1. The highest BCUT2D eigenvalue weighted by Gasteiger charge is 2.33. The van der Waals surface area contributed by atoms with Gasteiger partial charge in [0.25, 0.3) is 0 Å². The third-order valence-electron chi connectivity index (χ3n) is 3.26. The fourth-order valence-electron chi connectivity index (χ4n) is 2.29. The third kappa shape index (κ3) is 1.88. The summed E-state index contributed by atoms with van der Waals surface area (Å²) in [6, 6.07) is 4.46. The summed E-state index contributed by atoms with van der Waals surface area (Å²) in [5.41, 5.74) is 0.543. The van der Waals surface area contributed by atoms with Crippen molar-refractivity contribution >= 4 is 0 Å². The number of hydrogen-bond donors (Lipinski definition) is 1. The largest absolute Gasteiger partial charge is 0.319 e. The van der Waals surface area contributed by atoms with E-state index in [4.69, 9.17) is 0 Å². The molecule has 2 atom stereocenters. The van der Waals surface area contributed by atoms with Gasteiger partial charge in [-0.1, -0.05) is 12.1 Å². The minimum absolute atomic E-state index is 0.188. The van der Waals surface area contributed by atoms with Gasteiger partial charge in [-0.3, -0.25) is 0 Å². The Morgan fingerprint density at radius 3 is 2.73 bits per heavy atom. The van der Waals surface area contributed by atoms with Crippen molar-refractivity contribution in [3.63, 3.8) is 0 Å². The van der Waals surface area contributed by atoms with Gasteiger partial charge < -0.3 is 5.32 Å². The number of halogens is 2. The van der Waals surface area contributed by atoms with Crippen LogP contribution in [-0.4, -0.2) is 13.6 Å². The first-order valence-corrected chi connectivity index (χ1v) is 5.32. The van der Waals surface area contributed by atoms with Gasteiger partial charge in [-0.05, 0) is 49.9 Å². The summed E-state index contributed by atoms with van der Waals surface area (Å²) in [7, 11) is 1.89. The monoisotopic (exact) mass is 211 g/mol. The summed E-state index contributed by atoms with van der Waals surface area (Å²) >= 11 is 0. The number of hydrogen-bond acceptors (Lipinski definition) is 1. The Morgan fingerprint density at radius 1 is 1.33 bits per heavy atom. The summed E-state index contributed by atoms with van der Waals surface area (Å²) < 4.78 is 26.5. The Kier molecular flexibility index (Phi) is 3.00. The quantitative estimate of drug-likeness (QED) is 0.810. The van der Waals surface area contributed by atoms with Crippen LogP contribution in [-0.2, 0) is 0 Å². The van der Waals surface area contributed by atoms with Gasteiger partial charge in [-0.2, -0.15) is 0 Å². The van der Waals surface area contributed by atoms with E-state index >= 15 is 0 Å². The van der Waals surface area contributed by atoms with Crippen LogP contribution in [0.2, 0.25) is 0 Å². The highest BCUT2D eigenvalue weighted by atomic mass is 19.2. The molecule has 1 aliphatic rings. The maximum absolute atomic E-state index is 13.5. The zero-order chi connectivity index (χ0) is 10.8. The van der Waals surface area contributed by atoms with Crippen LogP contribution < -0.4 is 5.32 Å². The molecular weight excluding hydrogens is 196 g/mol. The summed E-state index contributed by atoms with van der Waals surface area (Å²) in [5.74, 6) is -0.759. The Balaban J connectivity index is 2.19. The van der Waals surface area contributed by atoms with Gasteiger partial charge in [0.15, 0.2) is 11.6 Å². The van der Waals surface area contributed by atoms with Gasteiger partial charge in [0.1, 0.15) is 0 Å². The summed E-state index contributed by atoms with van der Waals surface area (Å²) in [4.78, 5) is 0. The molecule has 1 aromatic rings. The van der Waals surface area contributed by atoms with Crippen LogP contribution in [0.25, 0.3) is 0 Å². The molecule has 0 saturated heterocycles. The molecule has 15 heavy (non-hydrogen) atoms. The Hall–Kier alpha value is -0.960.